The first kappa shape index (κ1) is 13.7. The Balaban J connectivity index is 1.55. The fourth-order valence-electron chi connectivity index (χ4n) is 3.33. The van der Waals surface area contributed by atoms with Crippen molar-refractivity contribution in [3.05, 3.63) is 42.1 Å². The van der Waals surface area contributed by atoms with Crippen LogP contribution in [0.5, 0.6) is 0 Å². The van der Waals surface area contributed by atoms with Gasteiger partial charge < -0.3 is 10.1 Å². The maximum absolute atomic E-state index is 12.0. The SMILES string of the molecule is O=C1N[C@@H]2COC[C@H]1CN(Cc1ccc3ncccc3c1)C2. The summed E-state index contributed by atoms with van der Waals surface area (Å²) >= 11 is 0. The molecule has 0 aliphatic carbocycles. The van der Waals surface area contributed by atoms with Crippen LogP contribution in [-0.4, -0.2) is 48.1 Å². The lowest BCUT2D eigenvalue weighted by Gasteiger charge is -2.27. The summed E-state index contributed by atoms with van der Waals surface area (Å²) in [6.45, 7) is 3.59. The lowest BCUT2D eigenvalue weighted by molar-refractivity contribution is -0.125. The Morgan fingerprint density at radius 3 is 3.18 bits per heavy atom. The second-order valence-electron chi connectivity index (χ2n) is 6.16. The molecule has 1 aromatic heterocycles. The van der Waals surface area contributed by atoms with E-state index in [1.54, 1.807) is 0 Å². The fraction of sp³-hybridized carbons (Fsp3) is 0.412. The average Bonchev–Trinajstić information content (AvgIpc) is 2.76. The number of benzene rings is 1. The molecule has 2 bridgehead atoms. The Kier molecular flexibility index (Phi) is 3.52. The number of hydrogen-bond acceptors (Lipinski definition) is 4. The molecule has 1 aromatic carbocycles. The third-order valence-electron chi connectivity index (χ3n) is 4.39. The van der Waals surface area contributed by atoms with Gasteiger partial charge in [0.1, 0.15) is 0 Å². The number of pyridine rings is 1. The van der Waals surface area contributed by atoms with Gasteiger partial charge in [-0.1, -0.05) is 12.1 Å². The van der Waals surface area contributed by atoms with E-state index < -0.39 is 0 Å². The van der Waals surface area contributed by atoms with Crippen molar-refractivity contribution in [2.45, 2.75) is 12.6 Å². The van der Waals surface area contributed by atoms with E-state index in [2.05, 4.69) is 39.5 Å². The summed E-state index contributed by atoms with van der Waals surface area (Å²) in [5.74, 6) is 0.0716. The van der Waals surface area contributed by atoms with Gasteiger partial charge in [-0.05, 0) is 23.8 Å². The van der Waals surface area contributed by atoms with Crippen LogP contribution in [0.2, 0.25) is 0 Å². The molecule has 0 saturated carbocycles. The standard InChI is InChI=1S/C17H19N3O2/c21-17-14-8-20(9-15(19-17)11-22-10-14)7-12-3-4-16-13(6-12)2-1-5-18-16/h1-6,14-15H,7-11H2,(H,19,21)/t14-,15+/m1/s1. The summed E-state index contributed by atoms with van der Waals surface area (Å²) in [6, 6.07) is 10.5. The molecule has 2 saturated heterocycles. The van der Waals surface area contributed by atoms with E-state index in [0.29, 0.717) is 13.2 Å². The van der Waals surface area contributed by atoms with E-state index in [9.17, 15) is 4.79 Å². The van der Waals surface area contributed by atoms with Gasteiger partial charge in [0.2, 0.25) is 5.91 Å². The summed E-state index contributed by atoms with van der Waals surface area (Å²) in [5, 5.41) is 4.23. The second kappa shape index (κ2) is 5.66. The van der Waals surface area contributed by atoms with E-state index >= 15 is 0 Å². The zero-order valence-corrected chi connectivity index (χ0v) is 12.4. The van der Waals surface area contributed by atoms with Gasteiger partial charge in [0.05, 0.1) is 30.7 Å². The molecular formula is C17H19N3O2. The molecule has 2 fully saturated rings. The molecule has 0 spiro atoms. The predicted octanol–water partition coefficient (Wildman–Crippen LogP) is 1.18. The number of ether oxygens (including phenoxy) is 1. The minimum Gasteiger partial charge on any atom is -0.378 e. The highest BCUT2D eigenvalue weighted by molar-refractivity contribution is 5.80. The first-order chi connectivity index (χ1) is 10.8. The molecule has 1 amide bonds. The van der Waals surface area contributed by atoms with E-state index in [1.807, 2.05) is 12.3 Å². The van der Waals surface area contributed by atoms with E-state index in [4.69, 9.17) is 4.74 Å². The fourth-order valence-corrected chi connectivity index (χ4v) is 3.33. The quantitative estimate of drug-likeness (QED) is 0.904. The molecule has 5 heteroatoms. The van der Waals surface area contributed by atoms with Gasteiger partial charge in [0.15, 0.2) is 0 Å². The molecule has 2 aromatic rings. The van der Waals surface area contributed by atoms with Gasteiger partial charge >= 0.3 is 0 Å². The zero-order chi connectivity index (χ0) is 14.9. The molecule has 114 valence electrons. The summed E-state index contributed by atoms with van der Waals surface area (Å²) < 4.78 is 5.57. The van der Waals surface area contributed by atoms with Gasteiger partial charge in [0, 0.05) is 31.2 Å². The Hall–Kier alpha value is -1.98. The van der Waals surface area contributed by atoms with Crippen LogP contribution >= 0.6 is 0 Å². The lowest BCUT2D eigenvalue weighted by atomic mass is 10.1. The summed E-state index contributed by atoms with van der Waals surface area (Å²) in [4.78, 5) is 18.8. The average molecular weight is 297 g/mol. The number of hydrogen-bond donors (Lipinski definition) is 1. The molecule has 22 heavy (non-hydrogen) atoms. The van der Waals surface area contributed by atoms with Crippen molar-refractivity contribution < 1.29 is 9.53 Å². The van der Waals surface area contributed by atoms with Crippen LogP contribution in [0.15, 0.2) is 36.5 Å². The monoisotopic (exact) mass is 297 g/mol. The third kappa shape index (κ3) is 2.69. The summed E-state index contributed by atoms with van der Waals surface area (Å²) in [5.41, 5.74) is 2.28. The minimum absolute atomic E-state index is 0.0605. The Morgan fingerprint density at radius 1 is 1.27 bits per heavy atom. The van der Waals surface area contributed by atoms with Crippen molar-refractivity contribution in [1.82, 2.24) is 15.2 Å². The number of amides is 1. The molecule has 3 heterocycles. The van der Waals surface area contributed by atoms with Gasteiger partial charge in [-0.2, -0.15) is 0 Å². The van der Waals surface area contributed by atoms with Gasteiger partial charge in [0.25, 0.3) is 0 Å². The predicted molar refractivity (Wildman–Crippen MR) is 83.3 cm³/mol. The van der Waals surface area contributed by atoms with Crippen molar-refractivity contribution in [1.29, 1.82) is 0 Å². The number of nitrogens with one attached hydrogen (secondary N) is 1. The minimum atomic E-state index is -0.0605. The number of carbonyl (C=O) groups excluding carboxylic acids is 1. The van der Waals surface area contributed by atoms with Crippen molar-refractivity contribution in [2.24, 2.45) is 5.92 Å². The maximum atomic E-state index is 12.0. The van der Waals surface area contributed by atoms with Crippen LogP contribution in [0.25, 0.3) is 10.9 Å². The van der Waals surface area contributed by atoms with Crippen LogP contribution in [0.4, 0.5) is 0 Å². The largest absolute Gasteiger partial charge is 0.378 e. The zero-order valence-electron chi connectivity index (χ0n) is 12.4. The normalized spacial score (nSPS) is 25.7. The molecule has 0 radical (unpaired) electrons. The van der Waals surface area contributed by atoms with E-state index in [0.717, 1.165) is 30.5 Å². The maximum Gasteiger partial charge on any atom is 0.227 e. The molecule has 4 rings (SSSR count). The smallest absolute Gasteiger partial charge is 0.227 e. The van der Waals surface area contributed by atoms with Crippen LogP contribution < -0.4 is 5.32 Å². The Morgan fingerprint density at radius 2 is 2.23 bits per heavy atom. The number of aromatic nitrogens is 1. The van der Waals surface area contributed by atoms with Crippen molar-refractivity contribution in [3.63, 3.8) is 0 Å². The van der Waals surface area contributed by atoms with Crippen LogP contribution in [0, 0.1) is 5.92 Å². The Bertz CT molecular complexity index is 703. The van der Waals surface area contributed by atoms with Crippen molar-refractivity contribution in [2.75, 3.05) is 26.3 Å². The molecule has 2 aliphatic heterocycles. The molecular weight excluding hydrogens is 278 g/mol. The first-order valence-electron chi connectivity index (χ1n) is 7.72. The van der Waals surface area contributed by atoms with Gasteiger partial charge in [-0.3, -0.25) is 14.7 Å². The van der Waals surface area contributed by atoms with Gasteiger partial charge in [-0.15, -0.1) is 0 Å². The number of nitrogens with zero attached hydrogens (tertiary/aromatic N) is 2. The first-order valence-corrected chi connectivity index (χ1v) is 7.72. The van der Waals surface area contributed by atoms with Crippen LogP contribution in [0.1, 0.15) is 5.56 Å². The highest BCUT2D eigenvalue weighted by Crippen LogP contribution is 2.18. The van der Waals surface area contributed by atoms with Crippen molar-refractivity contribution in [3.8, 4) is 0 Å². The number of fused-ring (bicyclic) bond motifs is 4. The van der Waals surface area contributed by atoms with E-state index in [1.165, 1.54) is 5.56 Å². The second-order valence-corrected chi connectivity index (χ2v) is 6.16. The number of carbonyl (C=O) groups is 1. The molecule has 0 unspecified atom stereocenters. The number of rotatable bonds is 2. The van der Waals surface area contributed by atoms with Crippen LogP contribution in [-0.2, 0) is 16.1 Å². The third-order valence-corrected chi connectivity index (χ3v) is 4.39. The Labute approximate surface area is 129 Å². The van der Waals surface area contributed by atoms with Crippen molar-refractivity contribution >= 4 is 16.8 Å². The molecule has 5 nitrogen and oxygen atoms in total. The lowest BCUT2D eigenvalue weighted by Crippen LogP contribution is -2.41. The molecule has 2 atom stereocenters. The summed E-state index contributed by atoms with van der Waals surface area (Å²) in [6.07, 6.45) is 1.81. The van der Waals surface area contributed by atoms with Crippen LogP contribution in [0.3, 0.4) is 0 Å². The highest BCUT2D eigenvalue weighted by Gasteiger charge is 2.33. The molecule has 1 N–H and O–H groups in total. The molecule has 2 aliphatic rings. The highest BCUT2D eigenvalue weighted by atomic mass is 16.5. The van der Waals surface area contributed by atoms with Gasteiger partial charge in [-0.25, -0.2) is 0 Å². The topological polar surface area (TPSA) is 54.5 Å². The van der Waals surface area contributed by atoms with E-state index in [-0.39, 0.29) is 17.9 Å². The summed E-state index contributed by atoms with van der Waals surface area (Å²) in [7, 11) is 0.